The maximum atomic E-state index is 13.7. The Bertz CT molecular complexity index is 1370. The number of nitrogens with zero attached hydrogens (tertiary/aromatic N) is 1. The van der Waals surface area contributed by atoms with Crippen molar-refractivity contribution in [2.45, 2.75) is 32.3 Å². The van der Waals surface area contributed by atoms with Gasteiger partial charge in [0.1, 0.15) is 18.0 Å². The molecule has 0 saturated carbocycles. The highest BCUT2D eigenvalue weighted by Crippen LogP contribution is 2.38. The first kappa shape index (κ1) is 22.4. The number of aromatic nitrogens is 1. The Morgan fingerprint density at radius 3 is 2.52 bits per heavy atom. The molecule has 2 heterocycles. The fourth-order valence-corrected chi connectivity index (χ4v) is 4.30. The fraction of sp³-hybridized carbons (Fsp3) is 0.185. The lowest BCUT2D eigenvalue weighted by molar-refractivity contribution is -0.140. The summed E-state index contributed by atoms with van der Waals surface area (Å²) in [6.45, 7) is 2.04. The van der Waals surface area contributed by atoms with Crippen LogP contribution in [0.2, 0.25) is 0 Å². The molecule has 0 saturated heterocycles. The molecule has 0 radical (unpaired) electrons. The first-order chi connectivity index (χ1) is 15.9. The van der Waals surface area contributed by atoms with Crippen LogP contribution in [0.3, 0.4) is 0 Å². The summed E-state index contributed by atoms with van der Waals surface area (Å²) in [5, 5.41) is 21.2. The highest BCUT2D eigenvalue weighted by molar-refractivity contribution is 6.06. The number of aryl methyl sites for hydroxylation is 1. The number of benzene rings is 2. The van der Waals surface area contributed by atoms with Crippen molar-refractivity contribution >= 4 is 34.1 Å². The molecule has 0 bridgehead atoms. The van der Waals surface area contributed by atoms with Crippen molar-refractivity contribution in [2.75, 3.05) is 0 Å². The van der Waals surface area contributed by atoms with E-state index in [0.717, 1.165) is 38.7 Å². The predicted octanol–water partition coefficient (Wildman–Crippen LogP) is 5.27. The fourth-order valence-electron chi connectivity index (χ4n) is 4.30. The Hall–Kier alpha value is -3.77. The summed E-state index contributed by atoms with van der Waals surface area (Å²) < 4.78 is 15.8. The monoisotopic (exact) mass is 445 g/mol. The van der Waals surface area contributed by atoms with Crippen LogP contribution in [0.5, 0.6) is 0 Å². The number of rotatable bonds is 8. The molecular weight excluding hydrogens is 421 g/mol. The predicted molar refractivity (Wildman–Crippen MR) is 127 cm³/mol. The number of aliphatic carboxylic acids is 1. The zero-order chi connectivity index (χ0) is 23.5. The average Bonchev–Trinajstić information content (AvgIpc) is 3.11. The lowest BCUT2D eigenvalue weighted by Crippen LogP contribution is -2.14. The summed E-state index contributed by atoms with van der Waals surface area (Å²) in [6, 6.07) is 16.4. The maximum Gasteiger partial charge on any atom is 0.310 e. The molecule has 168 valence electrons. The first-order valence-corrected chi connectivity index (χ1v) is 10.8. The number of carbonyl (C=O) groups is 2. The molecule has 2 N–H and O–H groups in total. The van der Waals surface area contributed by atoms with Crippen LogP contribution in [0.4, 0.5) is 4.39 Å². The van der Waals surface area contributed by atoms with Gasteiger partial charge in [-0.3, -0.25) is 9.59 Å². The molecule has 0 aliphatic carbocycles. The van der Waals surface area contributed by atoms with Crippen molar-refractivity contribution in [3.8, 4) is 11.1 Å². The van der Waals surface area contributed by atoms with Crippen LogP contribution in [0.15, 0.2) is 66.9 Å². The van der Waals surface area contributed by atoms with Gasteiger partial charge in [0, 0.05) is 34.8 Å². The molecule has 5 nitrogen and oxygen atoms in total. The smallest absolute Gasteiger partial charge is 0.310 e. The Kier molecular flexibility index (Phi) is 6.38. The van der Waals surface area contributed by atoms with Crippen LogP contribution in [-0.4, -0.2) is 32.5 Å². The van der Waals surface area contributed by atoms with Gasteiger partial charge in [0.25, 0.3) is 0 Å². The molecule has 0 aliphatic rings. The van der Waals surface area contributed by atoms with E-state index in [1.54, 1.807) is 18.2 Å². The van der Waals surface area contributed by atoms with Crippen LogP contribution >= 0.6 is 0 Å². The minimum Gasteiger partial charge on any atom is -0.481 e. The standard InChI is InChI=1S/C27H24FNO4/c1-2-24-23(12-11-20(30)15-21(31)16-25(32)33)26(18-7-9-19(28)10-8-18)27-22-6-4-3-5-17(22)13-14-29(24)27/h3-14,20,30H,2,15-16H2,1H3,(H,32,33)/b12-11+. The van der Waals surface area contributed by atoms with E-state index in [-0.39, 0.29) is 12.2 Å². The van der Waals surface area contributed by atoms with Crippen LogP contribution in [0.25, 0.3) is 33.5 Å². The minimum atomic E-state index is -1.21. The number of fused-ring (bicyclic) bond motifs is 3. The van der Waals surface area contributed by atoms with Crippen LogP contribution < -0.4 is 0 Å². The molecule has 1 atom stereocenters. The summed E-state index contributed by atoms with van der Waals surface area (Å²) in [7, 11) is 0. The minimum absolute atomic E-state index is 0.271. The van der Waals surface area contributed by atoms with E-state index < -0.39 is 24.3 Å². The summed E-state index contributed by atoms with van der Waals surface area (Å²) in [6.07, 6.45) is 4.01. The van der Waals surface area contributed by atoms with Gasteiger partial charge in [-0.25, -0.2) is 4.39 Å². The highest BCUT2D eigenvalue weighted by atomic mass is 19.1. The first-order valence-electron chi connectivity index (χ1n) is 10.8. The number of hydrogen-bond acceptors (Lipinski definition) is 3. The molecule has 4 aromatic rings. The maximum absolute atomic E-state index is 13.7. The van der Waals surface area contributed by atoms with Crippen molar-refractivity contribution in [3.63, 3.8) is 0 Å². The molecule has 0 amide bonds. The molecule has 33 heavy (non-hydrogen) atoms. The normalized spacial score (nSPS) is 12.6. The number of pyridine rings is 1. The Balaban J connectivity index is 1.90. The number of aliphatic hydroxyl groups is 1. The third-order valence-electron chi connectivity index (χ3n) is 5.71. The van der Waals surface area contributed by atoms with E-state index in [9.17, 15) is 19.1 Å². The topological polar surface area (TPSA) is 79.0 Å². The van der Waals surface area contributed by atoms with E-state index in [0.29, 0.717) is 6.42 Å². The molecule has 1 unspecified atom stereocenters. The van der Waals surface area contributed by atoms with Gasteiger partial charge in [0.2, 0.25) is 0 Å². The molecule has 0 aliphatic heterocycles. The van der Waals surface area contributed by atoms with Gasteiger partial charge < -0.3 is 14.6 Å². The molecular formula is C27H24FNO4. The van der Waals surface area contributed by atoms with Crippen molar-refractivity contribution in [3.05, 3.63) is 83.9 Å². The van der Waals surface area contributed by atoms with Crippen LogP contribution in [-0.2, 0) is 16.0 Å². The van der Waals surface area contributed by atoms with Crippen LogP contribution in [0, 0.1) is 5.82 Å². The van der Waals surface area contributed by atoms with E-state index in [4.69, 9.17) is 5.11 Å². The van der Waals surface area contributed by atoms with Crippen molar-refractivity contribution < 1.29 is 24.2 Å². The number of carboxylic acid groups (broad SMARTS) is 1. The average molecular weight is 445 g/mol. The third kappa shape index (κ3) is 4.56. The van der Waals surface area contributed by atoms with Crippen molar-refractivity contribution in [1.82, 2.24) is 4.40 Å². The number of carbonyl (C=O) groups excluding carboxylic acids is 1. The van der Waals surface area contributed by atoms with Gasteiger partial charge in [0.05, 0.1) is 11.6 Å². The van der Waals surface area contributed by atoms with Crippen LogP contribution in [0.1, 0.15) is 31.0 Å². The molecule has 0 fully saturated rings. The zero-order valence-electron chi connectivity index (χ0n) is 18.2. The van der Waals surface area contributed by atoms with Gasteiger partial charge in [-0.05, 0) is 35.6 Å². The Labute approximate surface area is 190 Å². The van der Waals surface area contributed by atoms with Crippen molar-refractivity contribution in [1.29, 1.82) is 0 Å². The number of ketones is 1. The molecule has 2 aromatic heterocycles. The third-order valence-corrected chi connectivity index (χ3v) is 5.71. The number of Topliss-reactive ketones (excluding diaryl/α,β-unsaturated/α-hetero) is 1. The largest absolute Gasteiger partial charge is 0.481 e. The lowest BCUT2D eigenvalue weighted by atomic mass is 9.97. The van der Waals surface area contributed by atoms with E-state index in [1.807, 2.05) is 43.5 Å². The SMILES string of the molecule is CCc1c(/C=C/C(O)CC(=O)CC(=O)O)c(-c2ccc(F)cc2)c2c3ccccc3ccn12. The Morgan fingerprint density at radius 2 is 1.82 bits per heavy atom. The van der Waals surface area contributed by atoms with E-state index >= 15 is 0 Å². The Morgan fingerprint density at radius 1 is 1.09 bits per heavy atom. The zero-order valence-corrected chi connectivity index (χ0v) is 18.2. The number of carboxylic acids is 1. The number of halogens is 1. The van der Waals surface area contributed by atoms with Gasteiger partial charge in [-0.2, -0.15) is 0 Å². The second kappa shape index (κ2) is 9.38. The molecule has 4 rings (SSSR count). The van der Waals surface area contributed by atoms with Gasteiger partial charge >= 0.3 is 5.97 Å². The van der Waals surface area contributed by atoms with Gasteiger partial charge in [-0.15, -0.1) is 0 Å². The van der Waals surface area contributed by atoms with Gasteiger partial charge in [-0.1, -0.05) is 55.5 Å². The van der Waals surface area contributed by atoms with Crippen molar-refractivity contribution in [2.24, 2.45) is 0 Å². The summed E-state index contributed by atoms with van der Waals surface area (Å²) >= 11 is 0. The summed E-state index contributed by atoms with van der Waals surface area (Å²) in [5.41, 5.74) is 4.60. The molecule has 0 spiro atoms. The highest BCUT2D eigenvalue weighted by Gasteiger charge is 2.20. The second-order valence-electron chi connectivity index (χ2n) is 7.96. The summed E-state index contributed by atoms with van der Waals surface area (Å²) in [5.74, 6) is -2.08. The van der Waals surface area contributed by atoms with E-state index in [1.165, 1.54) is 18.2 Å². The number of aliphatic hydroxyl groups excluding tert-OH is 1. The second-order valence-corrected chi connectivity index (χ2v) is 7.96. The quantitative estimate of drug-likeness (QED) is 0.362. The van der Waals surface area contributed by atoms with E-state index in [2.05, 4.69) is 4.40 Å². The summed E-state index contributed by atoms with van der Waals surface area (Å²) in [4.78, 5) is 22.5. The lowest BCUT2D eigenvalue weighted by Gasteiger charge is -2.07. The molecule has 2 aromatic carbocycles. The van der Waals surface area contributed by atoms with Gasteiger partial charge in [0.15, 0.2) is 0 Å². The molecule has 6 heteroatoms. The number of hydrogen-bond donors (Lipinski definition) is 2.